The molecule has 1 unspecified atom stereocenters. The number of amides is 1. The predicted octanol–water partition coefficient (Wildman–Crippen LogP) is 3.70. The molecule has 8 heteroatoms. The van der Waals surface area contributed by atoms with Crippen LogP contribution in [0.3, 0.4) is 0 Å². The summed E-state index contributed by atoms with van der Waals surface area (Å²) in [5.74, 6) is -0.361. The van der Waals surface area contributed by atoms with Crippen molar-refractivity contribution in [3.8, 4) is 0 Å². The molecule has 0 radical (unpaired) electrons. The summed E-state index contributed by atoms with van der Waals surface area (Å²) in [4.78, 5) is 28.0. The number of aromatic nitrogens is 1. The van der Waals surface area contributed by atoms with Gasteiger partial charge in [0.2, 0.25) is 5.91 Å². The molecule has 134 valence electrons. The minimum absolute atomic E-state index is 0.0675. The fourth-order valence-corrected chi connectivity index (χ4v) is 4.05. The Labute approximate surface area is 160 Å². The maximum atomic E-state index is 12.2. The van der Waals surface area contributed by atoms with Crippen LogP contribution in [-0.4, -0.2) is 28.7 Å². The third-order valence-electron chi connectivity index (χ3n) is 3.19. The Morgan fingerprint density at radius 1 is 1.36 bits per heavy atom. The number of benzene rings is 1. The number of esters is 1. The lowest BCUT2D eigenvalue weighted by Crippen LogP contribution is -2.30. The van der Waals surface area contributed by atoms with Crippen molar-refractivity contribution in [2.24, 2.45) is 0 Å². The van der Waals surface area contributed by atoms with Gasteiger partial charge < -0.3 is 10.1 Å². The molecule has 1 aromatic heterocycles. The topological polar surface area (TPSA) is 68.3 Å². The zero-order valence-electron chi connectivity index (χ0n) is 14.0. The standard InChI is InChI=1S/C17H19ClN2O3S2/c1-3-23-15(21)8-14-10-24-17(20-14)25-11(2)16(22)19-9-12-4-6-13(18)7-5-12/h4-7,10-11H,3,8-9H2,1-2H3,(H,19,22). The molecule has 2 aromatic rings. The minimum atomic E-state index is -0.293. The van der Waals surface area contributed by atoms with Crippen LogP contribution in [0.15, 0.2) is 34.0 Å². The first kappa shape index (κ1) is 19.8. The van der Waals surface area contributed by atoms with E-state index >= 15 is 0 Å². The summed E-state index contributed by atoms with van der Waals surface area (Å²) in [5.41, 5.74) is 1.65. The summed E-state index contributed by atoms with van der Waals surface area (Å²) in [6, 6.07) is 7.34. The van der Waals surface area contributed by atoms with Gasteiger partial charge in [-0.05, 0) is 31.5 Å². The van der Waals surface area contributed by atoms with Gasteiger partial charge in [-0.1, -0.05) is 35.5 Å². The lowest BCUT2D eigenvalue weighted by Gasteiger charge is -2.10. The van der Waals surface area contributed by atoms with Gasteiger partial charge in [-0.25, -0.2) is 4.98 Å². The van der Waals surface area contributed by atoms with Gasteiger partial charge in [0, 0.05) is 16.9 Å². The van der Waals surface area contributed by atoms with E-state index in [0.717, 1.165) is 9.90 Å². The van der Waals surface area contributed by atoms with Crippen LogP contribution < -0.4 is 5.32 Å². The van der Waals surface area contributed by atoms with E-state index in [9.17, 15) is 9.59 Å². The highest BCUT2D eigenvalue weighted by atomic mass is 35.5. The summed E-state index contributed by atoms with van der Waals surface area (Å²) in [7, 11) is 0. The third-order valence-corrected chi connectivity index (χ3v) is 5.56. The number of halogens is 1. The molecule has 0 saturated heterocycles. The van der Waals surface area contributed by atoms with Gasteiger partial charge >= 0.3 is 5.97 Å². The van der Waals surface area contributed by atoms with Crippen molar-refractivity contribution in [2.45, 2.75) is 36.4 Å². The second-order valence-corrected chi connectivity index (χ2v) is 8.07. The molecule has 1 N–H and O–H groups in total. The van der Waals surface area contributed by atoms with Gasteiger partial charge in [0.25, 0.3) is 0 Å². The number of rotatable bonds is 8. The van der Waals surface area contributed by atoms with Crippen molar-refractivity contribution in [3.63, 3.8) is 0 Å². The average Bonchev–Trinajstić information content (AvgIpc) is 3.01. The molecule has 1 amide bonds. The molecule has 1 aromatic carbocycles. The molecule has 5 nitrogen and oxygen atoms in total. The van der Waals surface area contributed by atoms with Gasteiger partial charge in [-0.15, -0.1) is 11.3 Å². The highest BCUT2D eigenvalue weighted by Gasteiger charge is 2.17. The molecular weight excluding hydrogens is 380 g/mol. The van der Waals surface area contributed by atoms with E-state index in [2.05, 4.69) is 10.3 Å². The van der Waals surface area contributed by atoms with Crippen molar-refractivity contribution in [1.29, 1.82) is 0 Å². The van der Waals surface area contributed by atoms with Gasteiger partial charge in [-0.3, -0.25) is 9.59 Å². The van der Waals surface area contributed by atoms with Crippen LogP contribution in [0.5, 0.6) is 0 Å². The molecule has 0 saturated carbocycles. The van der Waals surface area contributed by atoms with Crippen molar-refractivity contribution in [1.82, 2.24) is 10.3 Å². The van der Waals surface area contributed by atoms with Crippen LogP contribution in [0.2, 0.25) is 5.02 Å². The van der Waals surface area contributed by atoms with Crippen LogP contribution in [0, 0.1) is 0 Å². The number of hydrogen-bond acceptors (Lipinski definition) is 6. The highest BCUT2D eigenvalue weighted by molar-refractivity contribution is 8.02. The van der Waals surface area contributed by atoms with Crippen LogP contribution in [0.25, 0.3) is 0 Å². The maximum absolute atomic E-state index is 12.2. The number of hydrogen-bond donors (Lipinski definition) is 1. The second kappa shape index (κ2) is 9.79. The van der Waals surface area contributed by atoms with Gasteiger partial charge in [0.05, 0.1) is 24.0 Å². The molecule has 0 aliphatic rings. The fraction of sp³-hybridized carbons (Fsp3) is 0.353. The normalized spacial score (nSPS) is 11.8. The molecule has 0 aliphatic heterocycles. The van der Waals surface area contributed by atoms with Crippen molar-refractivity contribution in [3.05, 3.63) is 45.9 Å². The Hall–Kier alpha value is -1.57. The lowest BCUT2D eigenvalue weighted by molar-refractivity contribution is -0.142. The van der Waals surface area contributed by atoms with E-state index in [1.165, 1.54) is 23.1 Å². The van der Waals surface area contributed by atoms with E-state index in [-0.39, 0.29) is 23.5 Å². The zero-order valence-corrected chi connectivity index (χ0v) is 16.3. The molecule has 0 bridgehead atoms. The monoisotopic (exact) mass is 398 g/mol. The van der Waals surface area contributed by atoms with E-state index in [1.54, 1.807) is 19.1 Å². The molecule has 25 heavy (non-hydrogen) atoms. The Balaban J connectivity index is 1.81. The second-order valence-electron chi connectivity index (χ2n) is 5.19. The Kier molecular flexibility index (Phi) is 7.74. The molecule has 0 fully saturated rings. The first-order valence-corrected chi connectivity index (χ1v) is 9.90. The Morgan fingerprint density at radius 3 is 2.76 bits per heavy atom. The Morgan fingerprint density at radius 2 is 2.08 bits per heavy atom. The molecule has 0 spiro atoms. The fourth-order valence-electron chi connectivity index (χ4n) is 1.92. The van der Waals surface area contributed by atoms with E-state index in [4.69, 9.17) is 16.3 Å². The van der Waals surface area contributed by atoms with Crippen LogP contribution >= 0.6 is 34.7 Å². The number of nitrogens with zero attached hydrogens (tertiary/aromatic N) is 1. The van der Waals surface area contributed by atoms with E-state index < -0.39 is 0 Å². The third kappa shape index (κ3) is 6.68. The SMILES string of the molecule is CCOC(=O)Cc1csc(SC(C)C(=O)NCc2ccc(Cl)cc2)n1. The van der Waals surface area contributed by atoms with Crippen molar-refractivity contribution < 1.29 is 14.3 Å². The van der Waals surface area contributed by atoms with Gasteiger partial charge in [0.15, 0.2) is 4.34 Å². The van der Waals surface area contributed by atoms with Crippen molar-refractivity contribution >= 4 is 46.6 Å². The van der Waals surface area contributed by atoms with Crippen LogP contribution in [0.1, 0.15) is 25.1 Å². The minimum Gasteiger partial charge on any atom is -0.466 e. The quantitative estimate of drug-likeness (QED) is 0.542. The number of nitrogens with one attached hydrogen (secondary N) is 1. The van der Waals surface area contributed by atoms with E-state index in [0.29, 0.717) is 23.9 Å². The van der Waals surface area contributed by atoms with E-state index in [1.807, 2.05) is 24.4 Å². The summed E-state index contributed by atoms with van der Waals surface area (Å²) in [5, 5.41) is 5.10. The van der Waals surface area contributed by atoms with Crippen molar-refractivity contribution in [2.75, 3.05) is 6.61 Å². The molecule has 1 heterocycles. The number of thiazole rings is 1. The smallest absolute Gasteiger partial charge is 0.311 e. The highest BCUT2D eigenvalue weighted by Crippen LogP contribution is 2.27. The number of carbonyl (C=O) groups excluding carboxylic acids is 2. The van der Waals surface area contributed by atoms with Crippen LogP contribution in [0.4, 0.5) is 0 Å². The molecule has 0 aliphatic carbocycles. The van der Waals surface area contributed by atoms with Crippen LogP contribution in [-0.2, 0) is 27.3 Å². The number of carbonyl (C=O) groups is 2. The molecule has 1 atom stereocenters. The number of ether oxygens (including phenoxy) is 1. The summed E-state index contributed by atoms with van der Waals surface area (Å²) < 4.78 is 5.66. The zero-order chi connectivity index (χ0) is 18.2. The summed E-state index contributed by atoms with van der Waals surface area (Å²) >= 11 is 8.63. The number of thioether (sulfide) groups is 1. The lowest BCUT2D eigenvalue weighted by atomic mass is 10.2. The summed E-state index contributed by atoms with van der Waals surface area (Å²) in [6.07, 6.45) is 0.155. The Bertz CT molecular complexity index is 719. The average molecular weight is 399 g/mol. The molecule has 2 rings (SSSR count). The summed E-state index contributed by atoms with van der Waals surface area (Å²) in [6.45, 7) is 4.40. The van der Waals surface area contributed by atoms with Gasteiger partial charge in [-0.2, -0.15) is 0 Å². The first-order chi connectivity index (χ1) is 12.0. The predicted molar refractivity (Wildman–Crippen MR) is 101 cm³/mol. The first-order valence-electron chi connectivity index (χ1n) is 7.76. The molecular formula is C17H19ClN2O3S2. The maximum Gasteiger partial charge on any atom is 0.311 e. The largest absolute Gasteiger partial charge is 0.466 e. The van der Waals surface area contributed by atoms with Gasteiger partial charge in [0.1, 0.15) is 0 Å².